The molecule has 0 radical (unpaired) electrons. The summed E-state index contributed by atoms with van der Waals surface area (Å²) in [5.74, 6) is 0. The second kappa shape index (κ2) is 4.95. The monoisotopic (exact) mass is 334 g/mol. The van der Waals surface area contributed by atoms with Gasteiger partial charge in [-0.15, -0.1) is 0 Å². The van der Waals surface area contributed by atoms with Crippen LogP contribution in [0.5, 0.6) is 0 Å². The van der Waals surface area contributed by atoms with Gasteiger partial charge in [0.2, 0.25) is 0 Å². The van der Waals surface area contributed by atoms with Gasteiger partial charge in [0.1, 0.15) is 0 Å². The fraction of sp³-hybridized carbons (Fsp3) is 0. The van der Waals surface area contributed by atoms with Crippen LogP contribution < -0.4 is 11.4 Å². The summed E-state index contributed by atoms with van der Waals surface area (Å²) >= 11 is 0. The molecular weight excluding hydrogens is 324 g/mol. The second-order valence-electron chi connectivity index (χ2n) is 4.73. The standard InChI is InChI=1S/C13H10N4O5S/c14-8-4-5-11-12(6-8)16(13(18)15-11)23(21,22)10-3-1-2-9(7-10)17(19)20/h1-7H,14H2,(H,15,18). The number of nitrogens with two attached hydrogens (primary N) is 1. The summed E-state index contributed by atoms with van der Waals surface area (Å²) in [7, 11) is -4.31. The van der Waals surface area contributed by atoms with Gasteiger partial charge < -0.3 is 10.7 Å². The van der Waals surface area contributed by atoms with E-state index in [1.165, 1.54) is 30.3 Å². The Bertz CT molecular complexity index is 1100. The van der Waals surface area contributed by atoms with Gasteiger partial charge in [-0.3, -0.25) is 10.1 Å². The molecular formula is C13H10N4O5S. The molecule has 3 N–H and O–H groups in total. The summed E-state index contributed by atoms with van der Waals surface area (Å²) in [5, 5.41) is 10.8. The third-order valence-corrected chi connectivity index (χ3v) is 4.93. The highest BCUT2D eigenvalue weighted by molar-refractivity contribution is 7.90. The predicted molar refractivity (Wildman–Crippen MR) is 82.7 cm³/mol. The fourth-order valence-corrected chi connectivity index (χ4v) is 3.60. The van der Waals surface area contributed by atoms with Crippen molar-refractivity contribution in [1.82, 2.24) is 8.96 Å². The smallest absolute Gasteiger partial charge is 0.340 e. The first-order chi connectivity index (χ1) is 10.8. The lowest BCUT2D eigenvalue weighted by atomic mass is 10.3. The molecule has 0 saturated heterocycles. The highest BCUT2D eigenvalue weighted by atomic mass is 32.2. The molecule has 23 heavy (non-hydrogen) atoms. The number of non-ortho nitro benzene ring substituents is 1. The molecule has 10 heteroatoms. The van der Waals surface area contributed by atoms with E-state index in [0.29, 0.717) is 9.49 Å². The lowest BCUT2D eigenvalue weighted by molar-refractivity contribution is -0.385. The number of nitro groups is 1. The van der Waals surface area contributed by atoms with E-state index in [4.69, 9.17) is 5.73 Å². The molecule has 0 amide bonds. The molecule has 3 rings (SSSR count). The van der Waals surface area contributed by atoms with Gasteiger partial charge in [-0.25, -0.2) is 13.2 Å². The van der Waals surface area contributed by atoms with Crippen molar-refractivity contribution in [3.63, 3.8) is 0 Å². The number of benzene rings is 2. The van der Waals surface area contributed by atoms with Gasteiger partial charge in [0, 0.05) is 17.8 Å². The molecule has 2 aromatic carbocycles. The van der Waals surface area contributed by atoms with E-state index in [-0.39, 0.29) is 16.1 Å². The Labute approximate surface area is 129 Å². The van der Waals surface area contributed by atoms with Gasteiger partial charge in [0.25, 0.3) is 15.7 Å². The minimum Gasteiger partial charge on any atom is -0.399 e. The molecule has 0 unspecified atom stereocenters. The maximum atomic E-state index is 12.7. The number of imidazole rings is 1. The van der Waals surface area contributed by atoms with E-state index in [1.807, 2.05) is 0 Å². The first-order valence-electron chi connectivity index (χ1n) is 6.31. The topological polar surface area (TPSA) is 141 Å². The Morgan fingerprint density at radius 3 is 2.61 bits per heavy atom. The maximum Gasteiger partial charge on any atom is 0.340 e. The van der Waals surface area contributed by atoms with Crippen LogP contribution in [0.25, 0.3) is 11.0 Å². The van der Waals surface area contributed by atoms with Gasteiger partial charge in [-0.1, -0.05) is 6.07 Å². The van der Waals surface area contributed by atoms with E-state index in [1.54, 1.807) is 0 Å². The molecule has 3 aromatic rings. The summed E-state index contributed by atoms with van der Waals surface area (Å²) < 4.78 is 25.9. The number of nitrogens with zero attached hydrogens (tertiary/aromatic N) is 2. The fourth-order valence-electron chi connectivity index (χ4n) is 2.20. The molecule has 0 aliphatic carbocycles. The summed E-state index contributed by atoms with van der Waals surface area (Å²) in [5.41, 5.74) is 5.00. The molecule has 0 aliphatic heterocycles. The third-order valence-electron chi connectivity index (χ3n) is 3.23. The zero-order chi connectivity index (χ0) is 16.8. The average Bonchev–Trinajstić information content (AvgIpc) is 2.83. The Kier molecular flexibility index (Phi) is 3.18. The molecule has 0 fully saturated rings. The van der Waals surface area contributed by atoms with Crippen molar-refractivity contribution in [2.75, 3.05) is 5.73 Å². The van der Waals surface area contributed by atoms with Crippen LogP contribution in [0.3, 0.4) is 0 Å². The lowest BCUT2D eigenvalue weighted by Crippen LogP contribution is -2.25. The molecule has 0 spiro atoms. The van der Waals surface area contributed by atoms with E-state index < -0.39 is 26.3 Å². The molecule has 9 nitrogen and oxygen atoms in total. The maximum absolute atomic E-state index is 12.7. The van der Waals surface area contributed by atoms with E-state index in [9.17, 15) is 23.3 Å². The van der Waals surface area contributed by atoms with Crippen molar-refractivity contribution >= 4 is 32.4 Å². The first-order valence-corrected chi connectivity index (χ1v) is 7.75. The van der Waals surface area contributed by atoms with E-state index >= 15 is 0 Å². The Morgan fingerprint density at radius 2 is 1.91 bits per heavy atom. The summed E-state index contributed by atoms with van der Waals surface area (Å²) in [6, 6.07) is 8.80. The van der Waals surface area contributed by atoms with Crippen LogP contribution in [0.1, 0.15) is 0 Å². The second-order valence-corrected chi connectivity index (χ2v) is 6.52. The van der Waals surface area contributed by atoms with Crippen molar-refractivity contribution in [3.05, 3.63) is 63.1 Å². The number of aromatic nitrogens is 2. The van der Waals surface area contributed by atoms with Crippen LogP contribution >= 0.6 is 0 Å². The number of fused-ring (bicyclic) bond motifs is 1. The average molecular weight is 334 g/mol. The molecule has 1 heterocycles. The van der Waals surface area contributed by atoms with Crippen molar-refractivity contribution in [2.24, 2.45) is 0 Å². The molecule has 0 bridgehead atoms. The number of H-pyrrole nitrogens is 1. The van der Waals surface area contributed by atoms with Gasteiger partial charge in [-0.05, 0) is 24.3 Å². The molecule has 1 aromatic heterocycles. The molecule has 0 atom stereocenters. The minimum absolute atomic E-state index is 0.0708. The Morgan fingerprint density at radius 1 is 1.17 bits per heavy atom. The predicted octanol–water partition coefficient (Wildman–Crippen LogP) is 1.06. The normalized spacial score (nSPS) is 11.7. The van der Waals surface area contributed by atoms with Crippen LogP contribution in [-0.4, -0.2) is 22.3 Å². The molecule has 118 valence electrons. The number of anilines is 1. The SMILES string of the molecule is Nc1ccc2[nH]c(=O)n(S(=O)(=O)c3cccc([N+](=O)[O-])c3)c2c1. The van der Waals surface area contributed by atoms with E-state index in [0.717, 1.165) is 12.1 Å². The Balaban J connectivity index is 2.31. The number of aromatic amines is 1. The molecule has 0 aliphatic rings. The zero-order valence-electron chi connectivity index (χ0n) is 11.5. The zero-order valence-corrected chi connectivity index (χ0v) is 12.3. The number of hydrogen-bond donors (Lipinski definition) is 2. The summed E-state index contributed by atoms with van der Waals surface area (Å²) in [6.07, 6.45) is 0. The van der Waals surface area contributed by atoms with Crippen LogP contribution in [0, 0.1) is 10.1 Å². The minimum atomic E-state index is -4.31. The van der Waals surface area contributed by atoms with Crippen molar-refractivity contribution in [2.45, 2.75) is 4.90 Å². The van der Waals surface area contributed by atoms with E-state index in [2.05, 4.69) is 4.98 Å². The quantitative estimate of drug-likeness (QED) is 0.417. The largest absolute Gasteiger partial charge is 0.399 e. The van der Waals surface area contributed by atoms with Crippen molar-refractivity contribution in [3.8, 4) is 0 Å². The van der Waals surface area contributed by atoms with Gasteiger partial charge in [0.15, 0.2) is 0 Å². The summed E-state index contributed by atoms with van der Waals surface area (Å²) in [4.78, 5) is 24.2. The number of nitrogens with one attached hydrogen (secondary N) is 1. The first kappa shape index (κ1) is 14.8. The van der Waals surface area contributed by atoms with Crippen LogP contribution in [-0.2, 0) is 10.0 Å². The Hall–Kier alpha value is -3.14. The number of nitro benzene ring substituents is 1. The highest BCUT2D eigenvalue weighted by Gasteiger charge is 2.24. The molecule has 0 saturated carbocycles. The van der Waals surface area contributed by atoms with Gasteiger partial charge >= 0.3 is 5.69 Å². The van der Waals surface area contributed by atoms with Crippen molar-refractivity contribution < 1.29 is 13.3 Å². The van der Waals surface area contributed by atoms with Crippen LogP contribution in [0.4, 0.5) is 11.4 Å². The number of hydrogen-bond acceptors (Lipinski definition) is 6. The number of rotatable bonds is 3. The van der Waals surface area contributed by atoms with Crippen LogP contribution in [0.15, 0.2) is 52.2 Å². The van der Waals surface area contributed by atoms with Gasteiger partial charge in [0.05, 0.1) is 20.9 Å². The van der Waals surface area contributed by atoms with Crippen LogP contribution in [0.2, 0.25) is 0 Å². The van der Waals surface area contributed by atoms with Crippen molar-refractivity contribution in [1.29, 1.82) is 0 Å². The third kappa shape index (κ3) is 2.34. The van der Waals surface area contributed by atoms with Gasteiger partial charge in [-0.2, -0.15) is 3.97 Å². The summed E-state index contributed by atoms with van der Waals surface area (Å²) in [6.45, 7) is 0. The highest BCUT2D eigenvalue weighted by Crippen LogP contribution is 2.22. The lowest BCUT2D eigenvalue weighted by Gasteiger charge is -2.06. The number of nitrogen functional groups attached to an aromatic ring is 1.